The average molecular weight is 213 g/mol. The van der Waals surface area contributed by atoms with Crippen molar-refractivity contribution in [1.82, 2.24) is 0 Å². The first kappa shape index (κ1) is 9.52. The fourth-order valence-electron chi connectivity index (χ4n) is 2.70. The van der Waals surface area contributed by atoms with Crippen molar-refractivity contribution in [2.24, 2.45) is 0 Å². The zero-order valence-electron chi connectivity index (χ0n) is 9.59. The predicted molar refractivity (Wildman–Crippen MR) is 67.3 cm³/mol. The maximum Gasteiger partial charge on any atom is 0.125 e. The van der Waals surface area contributed by atoms with Crippen molar-refractivity contribution in [1.29, 1.82) is 0 Å². The van der Waals surface area contributed by atoms with E-state index in [9.17, 15) is 5.11 Å². The number of hydrogen-bond donors (Lipinski definition) is 2. The predicted octanol–water partition coefficient (Wildman–Crippen LogP) is 3.13. The zero-order chi connectivity index (χ0) is 11.3. The lowest BCUT2D eigenvalue weighted by atomic mass is 9.94. The van der Waals surface area contributed by atoms with E-state index >= 15 is 0 Å². The van der Waals surface area contributed by atoms with E-state index in [-0.39, 0.29) is 0 Å². The fourth-order valence-corrected chi connectivity index (χ4v) is 2.70. The van der Waals surface area contributed by atoms with Gasteiger partial charge in [-0.2, -0.15) is 0 Å². The van der Waals surface area contributed by atoms with Crippen LogP contribution in [0.15, 0.2) is 18.2 Å². The van der Waals surface area contributed by atoms with Crippen molar-refractivity contribution in [3.05, 3.63) is 34.9 Å². The number of anilines is 1. The van der Waals surface area contributed by atoms with Crippen molar-refractivity contribution >= 4 is 16.5 Å². The second kappa shape index (κ2) is 3.14. The molecule has 3 rings (SSSR count). The van der Waals surface area contributed by atoms with Crippen LogP contribution in [0.3, 0.4) is 0 Å². The standard InChI is InChI=1S/C14H15NO/c1-8-3-4-9(2)14-12(16)7-11-10(13(8)14)5-6-15-11/h3-4,7,15-16H,5-6H2,1-2H3. The third kappa shape index (κ3) is 1.13. The van der Waals surface area contributed by atoms with Crippen LogP contribution in [-0.2, 0) is 6.42 Å². The molecule has 16 heavy (non-hydrogen) atoms. The minimum Gasteiger partial charge on any atom is -0.507 e. The summed E-state index contributed by atoms with van der Waals surface area (Å²) in [5, 5.41) is 15.7. The van der Waals surface area contributed by atoms with Gasteiger partial charge in [0.25, 0.3) is 0 Å². The highest BCUT2D eigenvalue weighted by molar-refractivity contribution is 5.99. The molecule has 2 heteroatoms. The number of aryl methyl sites for hydroxylation is 2. The summed E-state index contributed by atoms with van der Waals surface area (Å²) in [5.41, 5.74) is 4.84. The van der Waals surface area contributed by atoms with Crippen molar-refractivity contribution < 1.29 is 5.11 Å². The summed E-state index contributed by atoms with van der Waals surface area (Å²) in [6.07, 6.45) is 1.05. The van der Waals surface area contributed by atoms with E-state index in [4.69, 9.17) is 0 Å². The lowest BCUT2D eigenvalue weighted by Gasteiger charge is -2.12. The van der Waals surface area contributed by atoms with Crippen LogP contribution in [0.1, 0.15) is 16.7 Å². The van der Waals surface area contributed by atoms with Crippen molar-refractivity contribution in [3.8, 4) is 5.75 Å². The average Bonchev–Trinajstić information content (AvgIpc) is 2.70. The van der Waals surface area contributed by atoms with Gasteiger partial charge in [0.2, 0.25) is 0 Å². The van der Waals surface area contributed by atoms with Gasteiger partial charge in [0.1, 0.15) is 5.75 Å². The van der Waals surface area contributed by atoms with Crippen LogP contribution < -0.4 is 5.32 Å². The molecule has 2 aromatic carbocycles. The molecule has 1 aliphatic heterocycles. The summed E-state index contributed by atoms with van der Waals surface area (Å²) in [6.45, 7) is 5.14. The van der Waals surface area contributed by atoms with Crippen LogP contribution in [0.25, 0.3) is 10.8 Å². The molecular formula is C14H15NO. The van der Waals surface area contributed by atoms with Crippen LogP contribution in [0.4, 0.5) is 5.69 Å². The number of hydrogen-bond acceptors (Lipinski definition) is 2. The zero-order valence-corrected chi connectivity index (χ0v) is 9.59. The summed E-state index contributed by atoms with van der Waals surface area (Å²) in [6, 6.07) is 6.07. The molecule has 2 nitrogen and oxygen atoms in total. The second-order valence-corrected chi connectivity index (χ2v) is 4.55. The van der Waals surface area contributed by atoms with Gasteiger partial charge >= 0.3 is 0 Å². The number of rotatable bonds is 0. The second-order valence-electron chi connectivity index (χ2n) is 4.55. The molecule has 0 aromatic heterocycles. The maximum atomic E-state index is 10.1. The van der Waals surface area contributed by atoms with E-state index in [2.05, 4.69) is 31.3 Å². The number of nitrogens with one attached hydrogen (secondary N) is 1. The van der Waals surface area contributed by atoms with Crippen LogP contribution >= 0.6 is 0 Å². The Kier molecular flexibility index (Phi) is 1.87. The van der Waals surface area contributed by atoms with Crippen molar-refractivity contribution in [3.63, 3.8) is 0 Å². The quantitative estimate of drug-likeness (QED) is 0.704. The smallest absolute Gasteiger partial charge is 0.125 e. The van der Waals surface area contributed by atoms with Gasteiger partial charge in [0.15, 0.2) is 0 Å². The van der Waals surface area contributed by atoms with E-state index in [0.717, 1.165) is 29.6 Å². The third-order valence-corrected chi connectivity index (χ3v) is 3.48. The van der Waals surface area contributed by atoms with Gasteiger partial charge in [-0.05, 0) is 42.3 Å². The molecule has 0 amide bonds. The summed E-state index contributed by atoms with van der Waals surface area (Å²) >= 11 is 0. The molecule has 2 N–H and O–H groups in total. The Morgan fingerprint density at radius 3 is 2.56 bits per heavy atom. The number of phenolic OH excluding ortho intramolecular Hbond substituents is 1. The highest BCUT2D eigenvalue weighted by Gasteiger charge is 2.18. The Balaban J connectivity index is 2.54. The molecule has 0 fully saturated rings. The van der Waals surface area contributed by atoms with Gasteiger partial charge < -0.3 is 10.4 Å². The summed E-state index contributed by atoms with van der Waals surface area (Å²) < 4.78 is 0. The molecule has 0 aliphatic carbocycles. The molecular weight excluding hydrogens is 198 g/mol. The minimum absolute atomic E-state index is 0.393. The number of fused-ring (bicyclic) bond motifs is 3. The minimum atomic E-state index is 0.393. The molecule has 0 saturated heterocycles. The van der Waals surface area contributed by atoms with E-state index < -0.39 is 0 Å². The molecule has 0 unspecified atom stereocenters. The molecule has 0 radical (unpaired) electrons. The van der Waals surface area contributed by atoms with Gasteiger partial charge in [-0.3, -0.25) is 0 Å². The number of phenols is 1. The van der Waals surface area contributed by atoms with E-state index in [1.165, 1.54) is 16.5 Å². The van der Waals surface area contributed by atoms with Crippen molar-refractivity contribution in [2.45, 2.75) is 20.3 Å². The Morgan fingerprint density at radius 2 is 1.81 bits per heavy atom. The van der Waals surface area contributed by atoms with Crippen molar-refractivity contribution in [2.75, 3.05) is 11.9 Å². The van der Waals surface area contributed by atoms with E-state index in [1.807, 2.05) is 6.07 Å². The molecule has 0 bridgehead atoms. The van der Waals surface area contributed by atoms with E-state index in [1.54, 1.807) is 0 Å². The van der Waals surface area contributed by atoms with Gasteiger partial charge in [0.05, 0.1) is 0 Å². The molecule has 0 spiro atoms. The Bertz CT molecular complexity index is 587. The topological polar surface area (TPSA) is 32.3 Å². The van der Waals surface area contributed by atoms with Gasteiger partial charge in [0, 0.05) is 23.7 Å². The normalized spacial score (nSPS) is 13.9. The van der Waals surface area contributed by atoms with Gasteiger partial charge in [-0.15, -0.1) is 0 Å². The van der Waals surface area contributed by atoms with Crippen LogP contribution in [0, 0.1) is 13.8 Å². The number of aromatic hydroxyl groups is 1. The Labute approximate surface area is 94.9 Å². The van der Waals surface area contributed by atoms with Crippen LogP contribution in [0.5, 0.6) is 5.75 Å². The first-order valence-electron chi connectivity index (χ1n) is 5.67. The molecule has 1 heterocycles. The molecule has 0 atom stereocenters. The largest absolute Gasteiger partial charge is 0.507 e. The molecule has 0 saturated carbocycles. The van der Waals surface area contributed by atoms with Crippen LogP contribution in [-0.4, -0.2) is 11.7 Å². The molecule has 2 aromatic rings. The molecule has 82 valence electrons. The Hall–Kier alpha value is -1.70. The fraction of sp³-hybridized carbons (Fsp3) is 0.286. The lowest BCUT2D eigenvalue weighted by molar-refractivity contribution is 0.481. The highest BCUT2D eigenvalue weighted by atomic mass is 16.3. The summed E-state index contributed by atoms with van der Waals surface area (Å²) in [4.78, 5) is 0. The van der Waals surface area contributed by atoms with E-state index in [0.29, 0.717) is 5.75 Å². The first-order chi connectivity index (χ1) is 7.68. The summed E-state index contributed by atoms with van der Waals surface area (Å²) in [7, 11) is 0. The van der Waals surface area contributed by atoms with Gasteiger partial charge in [-0.25, -0.2) is 0 Å². The summed E-state index contributed by atoms with van der Waals surface area (Å²) in [5.74, 6) is 0.393. The number of benzene rings is 2. The van der Waals surface area contributed by atoms with Gasteiger partial charge in [-0.1, -0.05) is 12.1 Å². The highest BCUT2D eigenvalue weighted by Crippen LogP contribution is 2.39. The lowest BCUT2D eigenvalue weighted by Crippen LogP contribution is -1.90. The maximum absolute atomic E-state index is 10.1. The first-order valence-corrected chi connectivity index (χ1v) is 5.67. The SMILES string of the molecule is Cc1ccc(C)c2c3c(cc(O)c12)NCC3. The molecule has 1 aliphatic rings. The monoisotopic (exact) mass is 213 g/mol. The Morgan fingerprint density at radius 1 is 1.12 bits per heavy atom. The van der Waals surface area contributed by atoms with Crippen LogP contribution in [0.2, 0.25) is 0 Å². The third-order valence-electron chi connectivity index (χ3n) is 3.48.